The van der Waals surface area contributed by atoms with Gasteiger partial charge in [0.2, 0.25) is 0 Å². The van der Waals surface area contributed by atoms with Crippen molar-refractivity contribution in [2.75, 3.05) is 0 Å². The quantitative estimate of drug-likeness (QED) is 0.644. The Bertz CT molecular complexity index is 337. The van der Waals surface area contributed by atoms with Crippen LogP contribution in [0.5, 0.6) is 0 Å². The molecule has 1 aromatic rings. The van der Waals surface area contributed by atoms with Crippen molar-refractivity contribution in [3.8, 4) is 0 Å². The molecule has 0 spiro atoms. The molecular weight excluding hydrogens is 160 g/mol. The highest BCUT2D eigenvalue weighted by Crippen LogP contribution is 2.07. The summed E-state index contributed by atoms with van der Waals surface area (Å²) in [6.07, 6.45) is 0.469. The number of carbonyl (C=O) groups is 1. The molecule has 0 fully saturated rings. The van der Waals surface area contributed by atoms with Crippen LogP contribution in [0.15, 0.2) is 36.4 Å². The molecule has 0 aliphatic rings. The number of benzene rings is 1. The molecule has 0 saturated carbocycles. The second-order valence-corrected chi connectivity index (χ2v) is 3.37. The number of aryl methyl sites for hydroxylation is 1. The molecular formula is C12H14O. The summed E-state index contributed by atoms with van der Waals surface area (Å²) in [7, 11) is 0. The average Bonchev–Trinajstić information content (AvgIpc) is 2.04. The number of hydrogen-bond donors (Lipinski definition) is 0. The number of Topliss-reactive ketones (excluding diaryl/α,β-unsaturated/α-hetero) is 1. The smallest absolute Gasteiger partial charge is 0.162 e. The molecule has 1 heteroatoms. The Kier molecular flexibility index (Phi) is 3.02. The summed E-state index contributed by atoms with van der Waals surface area (Å²) in [5, 5.41) is 0. The maximum atomic E-state index is 11.3. The van der Waals surface area contributed by atoms with Crippen LogP contribution in [0.3, 0.4) is 0 Å². The van der Waals surface area contributed by atoms with Crippen molar-refractivity contribution in [3.63, 3.8) is 0 Å². The van der Waals surface area contributed by atoms with E-state index in [1.807, 2.05) is 31.2 Å². The summed E-state index contributed by atoms with van der Waals surface area (Å²) in [6, 6.07) is 7.99. The number of carbonyl (C=O) groups excluding carboxylic acids is 1. The van der Waals surface area contributed by atoms with Crippen LogP contribution in [-0.4, -0.2) is 5.78 Å². The van der Waals surface area contributed by atoms with Gasteiger partial charge in [-0.3, -0.25) is 4.79 Å². The van der Waals surface area contributed by atoms with Gasteiger partial charge in [0.05, 0.1) is 0 Å². The maximum absolute atomic E-state index is 11.3. The lowest BCUT2D eigenvalue weighted by Gasteiger charge is -2.01. The van der Waals surface area contributed by atoms with E-state index in [-0.39, 0.29) is 5.78 Å². The predicted octanol–water partition coefficient (Wildman–Crippen LogP) is 2.68. The van der Waals surface area contributed by atoms with Gasteiger partial charge in [-0.15, -0.1) is 0 Å². The standard InChI is InChI=1S/C12H14O/c1-9(2)12(13)8-11-6-4-5-10(3)7-11/h4-7H,1,8H2,2-3H3. The summed E-state index contributed by atoms with van der Waals surface area (Å²) in [4.78, 5) is 11.3. The first kappa shape index (κ1) is 9.72. The topological polar surface area (TPSA) is 17.1 Å². The van der Waals surface area contributed by atoms with Crippen molar-refractivity contribution in [3.05, 3.63) is 47.5 Å². The number of hydrogen-bond acceptors (Lipinski definition) is 1. The van der Waals surface area contributed by atoms with Crippen LogP contribution in [-0.2, 0) is 11.2 Å². The van der Waals surface area contributed by atoms with Crippen LogP contribution in [0.4, 0.5) is 0 Å². The van der Waals surface area contributed by atoms with Crippen LogP contribution < -0.4 is 0 Å². The van der Waals surface area contributed by atoms with Crippen molar-refractivity contribution >= 4 is 5.78 Å². The first-order valence-corrected chi connectivity index (χ1v) is 4.34. The molecule has 0 N–H and O–H groups in total. The van der Waals surface area contributed by atoms with Gasteiger partial charge in [-0.1, -0.05) is 36.4 Å². The van der Waals surface area contributed by atoms with Crippen molar-refractivity contribution in [2.24, 2.45) is 0 Å². The fourth-order valence-electron chi connectivity index (χ4n) is 1.16. The summed E-state index contributed by atoms with van der Waals surface area (Å²) in [5.74, 6) is 0.116. The van der Waals surface area contributed by atoms with Gasteiger partial charge in [-0.25, -0.2) is 0 Å². The third-order valence-electron chi connectivity index (χ3n) is 1.92. The van der Waals surface area contributed by atoms with Gasteiger partial charge in [0.15, 0.2) is 5.78 Å². The van der Waals surface area contributed by atoms with E-state index in [0.717, 1.165) is 5.56 Å². The van der Waals surface area contributed by atoms with E-state index in [9.17, 15) is 4.79 Å². The molecule has 0 aromatic heterocycles. The predicted molar refractivity (Wildman–Crippen MR) is 54.7 cm³/mol. The van der Waals surface area contributed by atoms with Crippen molar-refractivity contribution < 1.29 is 4.79 Å². The Morgan fingerprint density at radius 2 is 2.15 bits per heavy atom. The van der Waals surface area contributed by atoms with E-state index in [1.54, 1.807) is 6.92 Å². The maximum Gasteiger partial charge on any atom is 0.162 e. The second-order valence-electron chi connectivity index (χ2n) is 3.37. The molecule has 0 bridgehead atoms. The van der Waals surface area contributed by atoms with E-state index in [2.05, 4.69) is 6.58 Å². The molecule has 13 heavy (non-hydrogen) atoms. The molecule has 0 atom stereocenters. The Labute approximate surface area is 79.1 Å². The fraction of sp³-hybridized carbons (Fsp3) is 0.250. The Morgan fingerprint density at radius 1 is 1.46 bits per heavy atom. The lowest BCUT2D eigenvalue weighted by atomic mass is 10.0. The lowest BCUT2D eigenvalue weighted by molar-refractivity contribution is -0.114. The molecule has 0 saturated heterocycles. The zero-order valence-electron chi connectivity index (χ0n) is 8.13. The molecule has 0 aliphatic heterocycles. The van der Waals surface area contributed by atoms with Gasteiger partial charge in [-0.2, -0.15) is 0 Å². The Balaban J connectivity index is 2.75. The van der Waals surface area contributed by atoms with E-state index < -0.39 is 0 Å². The Morgan fingerprint density at radius 3 is 2.69 bits per heavy atom. The SMILES string of the molecule is C=C(C)C(=O)Cc1cccc(C)c1. The van der Waals surface area contributed by atoms with Crippen molar-refractivity contribution in [1.29, 1.82) is 0 Å². The lowest BCUT2D eigenvalue weighted by Crippen LogP contribution is -2.02. The van der Waals surface area contributed by atoms with Crippen LogP contribution in [0.25, 0.3) is 0 Å². The largest absolute Gasteiger partial charge is 0.294 e. The van der Waals surface area contributed by atoms with Crippen molar-refractivity contribution in [2.45, 2.75) is 20.3 Å². The molecule has 0 heterocycles. The minimum absolute atomic E-state index is 0.116. The minimum Gasteiger partial charge on any atom is -0.294 e. The van der Waals surface area contributed by atoms with Gasteiger partial charge in [0.25, 0.3) is 0 Å². The number of ketones is 1. The molecule has 68 valence electrons. The van der Waals surface area contributed by atoms with E-state index in [4.69, 9.17) is 0 Å². The normalized spacial score (nSPS) is 9.69. The summed E-state index contributed by atoms with van der Waals surface area (Å²) in [6.45, 7) is 7.39. The van der Waals surface area contributed by atoms with Gasteiger partial charge in [0.1, 0.15) is 0 Å². The van der Waals surface area contributed by atoms with Crippen molar-refractivity contribution in [1.82, 2.24) is 0 Å². The first-order chi connectivity index (χ1) is 6.09. The van der Waals surface area contributed by atoms with E-state index in [0.29, 0.717) is 12.0 Å². The zero-order chi connectivity index (χ0) is 9.84. The molecule has 0 radical (unpaired) electrons. The fourth-order valence-corrected chi connectivity index (χ4v) is 1.16. The highest BCUT2D eigenvalue weighted by Gasteiger charge is 2.03. The van der Waals surface area contributed by atoms with Crippen LogP contribution in [0.2, 0.25) is 0 Å². The van der Waals surface area contributed by atoms with Gasteiger partial charge in [-0.05, 0) is 25.0 Å². The van der Waals surface area contributed by atoms with Gasteiger partial charge < -0.3 is 0 Å². The first-order valence-electron chi connectivity index (χ1n) is 4.34. The summed E-state index contributed by atoms with van der Waals surface area (Å²) >= 11 is 0. The molecule has 1 rings (SSSR count). The third-order valence-corrected chi connectivity index (χ3v) is 1.92. The highest BCUT2D eigenvalue weighted by molar-refractivity contribution is 5.95. The highest BCUT2D eigenvalue weighted by atomic mass is 16.1. The third kappa shape index (κ3) is 2.86. The van der Waals surface area contributed by atoms with Gasteiger partial charge >= 0.3 is 0 Å². The number of allylic oxidation sites excluding steroid dienone is 1. The molecule has 0 aliphatic carbocycles. The summed E-state index contributed by atoms with van der Waals surface area (Å²) in [5.41, 5.74) is 2.88. The van der Waals surface area contributed by atoms with E-state index in [1.165, 1.54) is 5.56 Å². The Hall–Kier alpha value is -1.37. The van der Waals surface area contributed by atoms with Crippen LogP contribution in [0, 0.1) is 6.92 Å². The monoisotopic (exact) mass is 174 g/mol. The van der Waals surface area contributed by atoms with E-state index >= 15 is 0 Å². The molecule has 0 amide bonds. The molecule has 0 unspecified atom stereocenters. The molecule has 1 nitrogen and oxygen atoms in total. The average molecular weight is 174 g/mol. The summed E-state index contributed by atoms with van der Waals surface area (Å²) < 4.78 is 0. The minimum atomic E-state index is 0.116. The number of rotatable bonds is 3. The zero-order valence-corrected chi connectivity index (χ0v) is 8.13. The van der Waals surface area contributed by atoms with Gasteiger partial charge in [0, 0.05) is 6.42 Å². The van der Waals surface area contributed by atoms with Crippen LogP contribution >= 0.6 is 0 Å². The molecule has 1 aromatic carbocycles. The second kappa shape index (κ2) is 4.04. The van der Waals surface area contributed by atoms with Crippen LogP contribution in [0.1, 0.15) is 18.1 Å².